The summed E-state index contributed by atoms with van der Waals surface area (Å²) < 4.78 is 5.93. The van der Waals surface area contributed by atoms with Crippen LogP contribution in [-0.2, 0) is 0 Å². The van der Waals surface area contributed by atoms with E-state index in [9.17, 15) is 0 Å². The van der Waals surface area contributed by atoms with E-state index in [0.717, 1.165) is 24.6 Å². The Morgan fingerprint density at radius 1 is 1.12 bits per heavy atom. The molecule has 2 heterocycles. The summed E-state index contributed by atoms with van der Waals surface area (Å²) in [6.45, 7) is 2.04. The van der Waals surface area contributed by atoms with E-state index in [1.807, 2.05) is 6.07 Å². The molecular weight excluding hydrogens is 230 g/mol. The molecule has 2 aromatic rings. The molecule has 0 bridgehead atoms. The topological polar surface area (TPSA) is 21.3 Å². The second-order valence-electron chi connectivity index (χ2n) is 4.22. The van der Waals surface area contributed by atoms with Crippen molar-refractivity contribution in [2.24, 2.45) is 0 Å². The van der Waals surface area contributed by atoms with Crippen LogP contribution < -0.4 is 10.1 Å². The summed E-state index contributed by atoms with van der Waals surface area (Å²) in [4.78, 5) is 1.27. The minimum atomic E-state index is 0.345. The summed E-state index contributed by atoms with van der Waals surface area (Å²) in [6.07, 6.45) is 1.45. The molecule has 1 atom stereocenters. The summed E-state index contributed by atoms with van der Waals surface area (Å²) in [6, 6.07) is 14.6. The van der Waals surface area contributed by atoms with Crippen LogP contribution in [0.25, 0.3) is 10.4 Å². The Balaban J connectivity index is 1.74. The van der Waals surface area contributed by atoms with Crippen molar-refractivity contribution in [3.8, 4) is 15.5 Å². The van der Waals surface area contributed by atoms with E-state index in [4.69, 9.17) is 4.74 Å². The second-order valence-corrected chi connectivity index (χ2v) is 5.26. The largest absolute Gasteiger partial charge is 0.479 e. The van der Waals surface area contributed by atoms with Gasteiger partial charge in [-0.15, -0.1) is 0 Å². The van der Waals surface area contributed by atoms with Gasteiger partial charge in [0.15, 0.2) is 5.06 Å². The van der Waals surface area contributed by atoms with E-state index in [1.54, 1.807) is 11.3 Å². The molecule has 0 amide bonds. The minimum absolute atomic E-state index is 0.345. The maximum absolute atomic E-state index is 5.93. The lowest BCUT2D eigenvalue weighted by Crippen LogP contribution is -2.18. The lowest BCUT2D eigenvalue weighted by Gasteiger charge is -2.09. The van der Waals surface area contributed by atoms with Crippen LogP contribution in [0.5, 0.6) is 5.06 Å². The fourth-order valence-corrected chi connectivity index (χ4v) is 2.96. The van der Waals surface area contributed by atoms with Gasteiger partial charge in [0.2, 0.25) is 0 Å². The van der Waals surface area contributed by atoms with E-state index in [0.29, 0.717) is 6.10 Å². The molecule has 1 unspecified atom stereocenters. The number of thiophene rings is 1. The van der Waals surface area contributed by atoms with Gasteiger partial charge in [-0.1, -0.05) is 41.7 Å². The highest BCUT2D eigenvalue weighted by atomic mass is 32.1. The molecule has 1 aromatic heterocycles. The fraction of sp³-hybridized carbons (Fsp3) is 0.286. The molecule has 1 N–H and O–H groups in total. The van der Waals surface area contributed by atoms with Crippen LogP contribution in [0.3, 0.4) is 0 Å². The third-order valence-electron chi connectivity index (χ3n) is 2.94. The van der Waals surface area contributed by atoms with E-state index in [2.05, 4.69) is 41.7 Å². The van der Waals surface area contributed by atoms with Gasteiger partial charge in [-0.05, 0) is 30.7 Å². The minimum Gasteiger partial charge on any atom is -0.479 e. The van der Waals surface area contributed by atoms with Gasteiger partial charge in [0.25, 0.3) is 0 Å². The molecule has 2 nitrogen and oxygen atoms in total. The average molecular weight is 245 g/mol. The molecule has 1 saturated heterocycles. The van der Waals surface area contributed by atoms with Gasteiger partial charge < -0.3 is 10.1 Å². The zero-order valence-corrected chi connectivity index (χ0v) is 10.4. The highest BCUT2D eigenvalue weighted by Gasteiger charge is 2.16. The highest BCUT2D eigenvalue weighted by Crippen LogP contribution is 2.33. The van der Waals surface area contributed by atoms with Gasteiger partial charge in [0.05, 0.1) is 0 Å². The van der Waals surface area contributed by atoms with Gasteiger partial charge in [-0.25, -0.2) is 0 Å². The van der Waals surface area contributed by atoms with Crippen molar-refractivity contribution in [3.05, 3.63) is 42.5 Å². The number of ether oxygens (including phenoxy) is 1. The third kappa shape index (κ3) is 2.51. The van der Waals surface area contributed by atoms with Crippen LogP contribution in [-0.4, -0.2) is 19.2 Å². The maximum Gasteiger partial charge on any atom is 0.174 e. The van der Waals surface area contributed by atoms with Crippen molar-refractivity contribution in [1.82, 2.24) is 5.32 Å². The van der Waals surface area contributed by atoms with Gasteiger partial charge in [-0.2, -0.15) is 0 Å². The lowest BCUT2D eigenvalue weighted by molar-refractivity contribution is 0.230. The van der Waals surface area contributed by atoms with Crippen molar-refractivity contribution in [3.63, 3.8) is 0 Å². The molecule has 1 aromatic carbocycles. The van der Waals surface area contributed by atoms with Gasteiger partial charge in [0.1, 0.15) is 6.10 Å². The van der Waals surface area contributed by atoms with Crippen LogP contribution in [0, 0.1) is 0 Å². The van der Waals surface area contributed by atoms with E-state index < -0.39 is 0 Å². The SMILES string of the molecule is c1ccc(-c2ccc(OC3CCNC3)s2)cc1. The van der Waals surface area contributed by atoms with Crippen molar-refractivity contribution < 1.29 is 4.74 Å². The maximum atomic E-state index is 5.93. The smallest absolute Gasteiger partial charge is 0.174 e. The first kappa shape index (κ1) is 10.8. The van der Waals surface area contributed by atoms with Gasteiger partial charge in [-0.3, -0.25) is 0 Å². The number of benzene rings is 1. The number of hydrogen-bond donors (Lipinski definition) is 1. The molecule has 3 heteroatoms. The highest BCUT2D eigenvalue weighted by molar-refractivity contribution is 7.17. The van der Waals surface area contributed by atoms with E-state index in [-0.39, 0.29) is 0 Å². The molecule has 1 aliphatic rings. The van der Waals surface area contributed by atoms with Crippen molar-refractivity contribution in [2.45, 2.75) is 12.5 Å². The molecule has 0 radical (unpaired) electrons. The van der Waals surface area contributed by atoms with E-state index in [1.165, 1.54) is 10.4 Å². The Hall–Kier alpha value is -1.32. The Bertz CT molecular complexity index is 474. The molecule has 3 rings (SSSR count). The normalized spacial score (nSPS) is 19.4. The van der Waals surface area contributed by atoms with Crippen molar-refractivity contribution in [1.29, 1.82) is 0 Å². The van der Waals surface area contributed by atoms with Crippen LogP contribution in [0.15, 0.2) is 42.5 Å². The molecule has 17 heavy (non-hydrogen) atoms. The number of nitrogens with one attached hydrogen (secondary N) is 1. The third-order valence-corrected chi connectivity index (χ3v) is 3.96. The van der Waals surface area contributed by atoms with Crippen LogP contribution in [0.2, 0.25) is 0 Å². The summed E-state index contributed by atoms with van der Waals surface area (Å²) in [5.41, 5.74) is 1.26. The molecule has 0 aliphatic carbocycles. The first-order chi connectivity index (χ1) is 8.42. The van der Waals surface area contributed by atoms with Crippen LogP contribution >= 0.6 is 11.3 Å². The zero-order valence-electron chi connectivity index (χ0n) is 9.56. The number of hydrogen-bond acceptors (Lipinski definition) is 3. The summed E-state index contributed by atoms with van der Waals surface area (Å²) in [5.74, 6) is 0. The molecule has 1 fully saturated rings. The standard InChI is InChI=1S/C14H15NOS/c1-2-4-11(5-3-1)13-6-7-14(17-13)16-12-8-9-15-10-12/h1-7,12,15H,8-10H2. The Morgan fingerprint density at radius 3 is 2.76 bits per heavy atom. The summed E-state index contributed by atoms with van der Waals surface area (Å²) >= 11 is 1.72. The molecule has 0 saturated carbocycles. The predicted octanol–water partition coefficient (Wildman–Crippen LogP) is 3.16. The first-order valence-electron chi connectivity index (χ1n) is 5.94. The summed E-state index contributed by atoms with van der Waals surface area (Å²) in [5, 5.41) is 4.34. The first-order valence-corrected chi connectivity index (χ1v) is 6.76. The zero-order chi connectivity index (χ0) is 11.5. The van der Waals surface area contributed by atoms with Gasteiger partial charge >= 0.3 is 0 Å². The second kappa shape index (κ2) is 4.90. The Morgan fingerprint density at radius 2 is 2.00 bits per heavy atom. The quantitative estimate of drug-likeness (QED) is 0.897. The molecule has 1 aliphatic heterocycles. The average Bonchev–Trinajstić information content (AvgIpc) is 3.02. The lowest BCUT2D eigenvalue weighted by atomic mass is 10.2. The Labute approximate surface area is 105 Å². The predicted molar refractivity (Wildman–Crippen MR) is 71.7 cm³/mol. The monoisotopic (exact) mass is 245 g/mol. The van der Waals surface area contributed by atoms with Gasteiger partial charge in [0, 0.05) is 11.4 Å². The van der Waals surface area contributed by atoms with E-state index >= 15 is 0 Å². The summed E-state index contributed by atoms with van der Waals surface area (Å²) in [7, 11) is 0. The Kier molecular flexibility index (Phi) is 3.12. The van der Waals surface area contributed by atoms with Crippen LogP contribution in [0.4, 0.5) is 0 Å². The molecule has 88 valence electrons. The number of rotatable bonds is 3. The fourth-order valence-electron chi connectivity index (χ4n) is 2.03. The van der Waals surface area contributed by atoms with Crippen LogP contribution in [0.1, 0.15) is 6.42 Å². The molecular formula is C14H15NOS. The van der Waals surface area contributed by atoms with Crippen molar-refractivity contribution in [2.75, 3.05) is 13.1 Å². The van der Waals surface area contributed by atoms with Crippen molar-refractivity contribution >= 4 is 11.3 Å². The molecule has 0 spiro atoms.